The number of nitrogens with one attached hydrogen (secondary N) is 1. The summed E-state index contributed by atoms with van der Waals surface area (Å²) >= 11 is 0. The Morgan fingerprint density at radius 2 is 1.88 bits per heavy atom. The molecule has 1 N–H and O–H groups in total. The number of sulfonamides is 1. The molecule has 6 heteroatoms. The molecule has 0 aromatic rings. The van der Waals surface area contributed by atoms with Crippen molar-refractivity contribution in [3.8, 4) is 0 Å². The van der Waals surface area contributed by atoms with E-state index in [2.05, 4.69) is 10.2 Å². The molecule has 0 bridgehead atoms. The van der Waals surface area contributed by atoms with E-state index >= 15 is 0 Å². The van der Waals surface area contributed by atoms with E-state index in [9.17, 15) is 8.42 Å². The minimum atomic E-state index is -3.07. The molecule has 102 valence electrons. The van der Waals surface area contributed by atoms with Crippen molar-refractivity contribution in [3.05, 3.63) is 0 Å². The van der Waals surface area contributed by atoms with Gasteiger partial charge in [0.1, 0.15) is 0 Å². The van der Waals surface area contributed by atoms with Crippen LogP contribution in [0.25, 0.3) is 0 Å². The Morgan fingerprint density at radius 1 is 1.29 bits per heavy atom. The molecule has 1 saturated heterocycles. The van der Waals surface area contributed by atoms with E-state index < -0.39 is 10.0 Å². The fourth-order valence-electron chi connectivity index (χ4n) is 2.06. The highest BCUT2D eigenvalue weighted by Gasteiger charge is 2.23. The Morgan fingerprint density at radius 3 is 2.35 bits per heavy atom. The van der Waals surface area contributed by atoms with Crippen molar-refractivity contribution < 1.29 is 8.42 Å². The van der Waals surface area contributed by atoms with Crippen molar-refractivity contribution >= 4 is 10.0 Å². The molecule has 5 nitrogen and oxygen atoms in total. The first-order valence-electron chi connectivity index (χ1n) is 6.40. The summed E-state index contributed by atoms with van der Waals surface area (Å²) in [6.07, 6.45) is 0. The molecule has 17 heavy (non-hydrogen) atoms. The Hall–Kier alpha value is -0.170. The van der Waals surface area contributed by atoms with Gasteiger partial charge < -0.3 is 5.32 Å². The molecule has 1 aliphatic rings. The zero-order chi connectivity index (χ0) is 12.9. The van der Waals surface area contributed by atoms with Crippen LogP contribution in [-0.4, -0.2) is 68.7 Å². The van der Waals surface area contributed by atoms with E-state index in [4.69, 9.17) is 0 Å². The van der Waals surface area contributed by atoms with E-state index in [1.165, 1.54) is 0 Å². The quantitative estimate of drug-likeness (QED) is 0.730. The molecule has 0 radical (unpaired) electrons. The molecular weight excluding hydrogens is 238 g/mol. The van der Waals surface area contributed by atoms with Crippen molar-refractivity contribution in [2.75, 3.05) is 45.0 Å². The van der Waals surface area contributed by atoms with Crippen LogP contribution < -0.4 is 5.32 Å². The number of nitrogens with zero attached hydrogens (tertiary/aromatic N) is 2. The van der Waals surface area contributed by atoms with Gasteiger partial charge in [0.2, 0.25) is 10.0 Å². The van der Waals surface area contributed by atoms with Crippen molar-refractivity contribution in [3.63, 3.8) is 0 Å². The normalized spacial score (nSPS) is 19.1. The molecule has 0 amide bonds. The van der Waals surface area contributed by atoms with E-state index in [-0.39, 0.29) is 11.8 Å². The third-order valence-corrected chi connectivity index (χ3v) is 5.19. The molecule has 1 aliphatic heterocycles. The van der Waals surface area contributed by atoms with Crippen LogP contribution in [0.2, 0.25) is 0 Å². The predicted molar refractivity (Wildman–Crippen MR) is 70.6 cm³/mol. The van der Waals surface area contributed by atoms with Gasteiger partial charge in [-0.2, -0.15) is 4.31 Å². The standard InChI is InChI=1S/C11H25N3O2S/c1-4-17(15,16)14(11(2)3)10-9-13-7-5-12-6-8-13/h11-12H,4-10H2,1-3H3. The zero-order valence-corrected chi connectivity index (χ0v) is 12.0. The molecule has 1 fully saturated rings. The Bertz CT molecular complexity index is 311. The van der Waals surface area contributed by atoms with Crippen molar-refractivity contribution in [1.29, 1.82) is 0 Å². The average molecular weight is 263 g/mol. The van der Waals surface area contributed by atoms with Gasteiger partial charge in [-0.15, -0.1) is 0 Å². The monoisotopic (exact) mass is 263 g/mol. The topological polar surface area (TPSA) is 52.7 Å². The smallest absolute Gasteiger partial charge is 0.214 e. The summed E-state index contributed by atoms with van der Waals surface area (Å²) < 4.78 is 25.4. The zero-order valence-electron chi connectivity index (χ0n) is 11.1. The van der Waals surface area contributed by atoms with Crippen LogP contribution >= 0.6 is 0 Å². The summed E-state index contributed by atoms with van der Waals surface area (Å²) in [6, 6.07) is 0.0443. The van der Waals surface area contributed by atoms with Gasteiger partial charge in [-0.05, 0) is 20.8 Å². The van der Waals surface area contributed by atoms with Crippen LogP contribution in [0.3, 0.4) is 0 Å². The highest BCUT2D eigenvalue weighted by atomic mass is 32.2. The van der Waals surface area contributed by atoms with Crippen molar-refractivity contribution in [2.24, 2.45) is 0 Å². The maximum Gasteiger partial charge on any atom is 0.214 e. The molecular formula is C11H25N3O2S. The van der Waals surface area contributed by atoms with Gasteiger partial charge in [0.25, 0.3) is 0 Å². The van der Waals surface area contributed by atoms with Crippen molar-refractivity contribution in [1.82, 2.24) is 14.5 Å². The first-order chi connectivity index (χ1) is 7.97. The van der Waals surface area contributed by atoms with Crippen LogP contribution in [-0.2, 0) is 10.0 Å². The molecule has 0 aromatic carbocycles. The third-order valence-electron chi connectivity index (χ3n) is 3.14. The average Bonchev–Trinajstić information content (AvgIpc) is 2.30. The van der Waals surface area contributed by atoms with Crippen LogP contribution in [0.1, 0.15) is 20.8 Å². The highest BCUT2D eigenvalue weighted by molar-refractivity contribution is 7.89. The summed E-state index contributed by atoms with van der Waals surface area (Å²) in [5.41, 5.74) is 0. The maximum atomic E-state index is 11.9. The lowest BCUT2D eigenvalue weighted by Crippen LogP contribution is -2.48. The maximum absolute atomic E-state index is 11.9. The Kier molecular flexibility index (Phi) is 5.85. The van der Waals surface area contributed by atoms with Crippen LogP contribution in [0.15, 0.2) is 0 Å². The van der Waals surface area contributed by atoms with Gasteiger partial charge in [-0.3, -0.25) is 4.90 Å². The molecule has 0 saturated carbocycles. The Balaban J connectivity index is 2.50. The van der Waals surface area contributed by atoms with E-state index in [0.29, 0.717) is 6.54 Å². The van der Waals surface area contributed by atoms with Gasteiger partial charge in [0, 0.05) is 45.3 Å². The molecule has 1 rings (SSSR count). The summed E-state index contributed by atoms with van der Waals surface area (Å²) in [5.74, 6) is 0.187. The summed E-state index contributed by atoms with van der Waals surface area (Å²) in [6.45, 7) is 11.0. The second-order valence-electron chi connectivity index (χ2n) is 4.70. The molecule has 0 atom stereocenters. The van der Waals surface area contributed by atoms with E-state index in [1.807, 2.05) is 13.8 Å². The number of hydrogen-bond donors (Lipinski definition) is 1. The summed E-state index contributed by atoms with van der Waals surface area (Å²) in [5, 5.41) is 3.29. The molecule has 0 spiro atoms. The number of piperazine rings is 1. The van der Waals surface area contributed by atoms with E-state index in [0.717, 1.165) is 32.7 Å². The third kappa shape index (κ3) is 4.54. The molecule has 1 heterocycles. The first kappa shape index (κ1) is 14.9. The largest absolute Gasteiger partial charge is 0.314 e. The van der Waals surface area contributed by atoms with E-state index in [1.54, 1.807) is 11.2 Å². The summed E-state index contributed by atoms with van der Waals surface area (Å²) in [7, 11) is -3.07. The second-order valence-corrected chi connectivity index (χ2v) is 6.91. The second kappa shape index (κ2) is 6.68. The SMILES string of the molecule is CCS(=O)(=O)N(CCN1CCNCC1)C(C)C. The van der Waals surface area contributed by atoms with Gasteiger partial charge >= 0.3 is 0 Å². The lowest BCUT2D eigenvalue weighted by Gasteiger charge is -2.31. The van der Waals surface area contributed by atoms with Gasteiger partial charge in [-0.1, -0.05) is 0 Å². The van der Waals surface area contributed by atoms with Crippen LogP contribution in [0.4, 0.5) is 0 Å². The van der Waals surface area contributed by atoms with Crippen molar-refractivity contribution in [2.45, 2.75) is 26.8 Å². The number of rotatable bonds is 6. The molecule has 0 unspecified atom stereocenters. The minimum Gasteiger partial charge on any atom is -0.314 e. The fraction of sp³-hybridized carbons (Fsp3) is 1.00. The van der Waals surface area contributed by atoms with Gasteiger partial charge in [0.15, 0.2) is 0 Å². The predicted octanol–water partition coefficient (Wildman–Crippen LogP) is -0.0483. The first-order valence-corrected chi connectivity index (χ1v) is 8.01. The Labute approximate surface area is 105 Å². The summed E-state index contributed by atoms with van der Waals surface area (Å²) in [4.78, 5) is 2.32. The molecule has 0 aliphatic carbocycles. The van der Waals surface area contributed by atoms with Crippen LogP contribution in [0.5, 0.6) is 0 Å². The lowest BCUT2D eigenvalue weighted by atomic mass is 10.3. The minimum absolute atomic E-state index is 0.0443. The number of hydrogen-bond acceptors (Lipinski definition) is 4. The fourth-order valence-corrected chi connectivity index (χ4v) is 3.39. The highest BCUT2D eigenvalue weighted by Crippen LogP contribution is 2.07. The van der Waals surface area contributed by atoms with Crippen LogP contribution in [0, 0.1) is 0 Å². The van der Waals surface area contributed by atoms with Gasteiger partial charge in [0.05, 0.1) is 5.75 Å². The lowest BCUT2D eigenvalue weighted by molar-refractivity contribution is 0.214. The van der Waals surface area contributed by atoms with Gasteiger partial charge in [-0.25, -0.2) is 8.42 Å². The molecule has 0 aromatic heterocycles.